The lowest BCUT2D eigenvalue weighted by Gasteiger charge is -2.26. The van der Waals surface area contributed by atoms with Crippen LogP contribution in [0.4, 0.5) is 10.5 Å². The molecule has 1 saturated heterocycles. The normalized spacial score (nSPS) is 14.5. The lowest BCUT2D eigenvalue weighted by Crippen LogP contribution is -2.54. The maximum absolute atomic E-state index is 13.1. The quantitative estimate of drug-likeness (QED) is 0.199. The van der Waals surface area contributed by atoms with E-state index in [1.54, 1.807) is 30.3 Å². The summed E-state index contributed by atoms with van der Waals surface area (Å²) in [6.07, 6.45) is 1.40. The summed E-state index contributed by atoms with van der Waals surface area (Å²) in [7, 11) is 0. The highest BCUT2D eigenvalue weighted by Gasteiger charge is 2.36. The Morgan fingerprint density at radius 1 is 0.892 bits per heavy atom. The lowest BCUT2D eigenvalue weighted by atomic mass is 10.1. The SMILES string of the molecule is CCOc1cc(C=C2C(=O)NC(=O)N(c3ccc(Cl)cc3)C2=O)ccc1OCCOc1ccc(Br)cc1. The monoisotopic (exact) mass is 584 g/mol. The molecule has 4 amide bonds. The van der Waals surface area contributed by atoms with Crippen LogP contribution in [-0.4, -0.2) is 37.7 Å². The molecule has 0 radical (unpaired) electrons. The average molecular weight is 586 g/mol. The van der Waals surface area contributed by atoms with Crippen molar-refractivity contribution in [3.8, 4) is 17.2 Å². The second-order valence-corrected chi connectivity index (χ2v) is 9.08. The number of carbonyl (C=O) groups excluding carboxylic acids is 3. The number of hydrogen-bond donors (Lipinski definition) is 1. The van der Waals surface area contributed by atoms with E-state index in [4.69, 9.17) is 25.8 Å². The van der Waals surface area contributed by atoms with Gasteiger partial charge in [0, 0.05) is 9.50 Å². The van der Waals surface area contributed by atoms with Gasteiger partial charge < -0.3 is 14.2 Å². The molecule has 37 heavy (non-hydrogen) atoms. The number of rotatable bonds is 9. The Hall–Kier alpha value is -3.82. The standard InChI is InChI=1S/C27H22BrClN2O6/c1-2-35-24-16-17(3-12-23(24)37-14-13-36-21-10-4-18(28)5-11-21)15-22-25(32)30-27(34)31(26(22)33)20-8-6-19(29)7-9-20/h3-12,15-16H,2,13-14H2,1H3,(H,30,32,34). The summed E-state index contributed by atoms with van der Waals surface area (Å²) in [5.74, 6) is 0.110. The van der Waals surface area contributed by atoms with Crippen LogP contribution in [-0.2, 0) is 9.59 Å². The van der Waals surface area contributed by atoms with E-state index < -0.39 is 17.8 Å². The van der Waals surface area contributed by atoms with Crippen LogP contribution in [0.2, 0.25) is 5.02 Å². The van der Waals surface area contributed by atoms with Gasteiger partial charge in [0.25, 0.3) is 11.8 Å². The topological polar surface area (TPSA) is 94.2 Å². The highest BCUT2D eigenvalue weighted by molar-refractivity contribution is 9.10. The molecule has 0 atom stereocenters. The van der Waals surface area contributed by atoms with Crippen LogP contribution < -0.4 is 24.4 Å². The van der Waals surface area contributed by atoms with Crippen LogP contribution in [0.25, 0.3) is 6.08 Å². The number of benzene rings is 3. The number of halogens is 2. The fourth-order valence-corrected chi connectivity index (χ4v) is 3.88. The second-order valence-electron chi connectivity index (χ2n) is 7.72. The predicted octanol–water partition coefficient (Wildman–Crippen LogP) is 5.63. The summed E-state index contributed by atoms with van der Waals surface area (Å²) in [5, 5.41) is 2.65. The van der Waals surface area contributed by atoms with Crippen molar-refractivity contribution in [2.45, 2.75) is 6.92 Å². The molecule has 0 unspecified atom stereocenters. The Morgan fingerprint density at radius 3 is 2.30 bits per heavy atom. The largest absolute Gasteiger partial charge is 0.490 e. The van der Waals surface area contributed by atoms with Crippen molar-refractivity contribution in [2.75, 3.05) is 24.7 Å². The number of imide groups is 2. The Kier molecular flexibility index (Phi) is 8.47. The van der Waals surface area contributed by atoms with Gasteiger partial charge in [-0.3, -0.25) is 14.9 Å². The van der Waals surface area contributed by atoms with Gasteiger partial charge in [-0.1, -0.05) is 33.6 Å². The van der Waals surface area contributed by atoms with E-state index in [0.29, 0.717) is 35.3 Å². The molecular formula is C27H22BrClN2O6. The number of amides is 4. The molecule has 3 aromatic carbocycles. The number of carbonyl (C=O) groups is 3. The second kappa shape index (κ2) is 11.9. The molecule has 0 spiro atoms. The summed E-state index contributed by atoms with van der Waals surface area (Å²) in [6, 6.07) is 17.8. The van der Waals surface area contributed by atoms with Crippen molar-refractivity contribution in [3.63, 3.8) is 0 Å². The van der Waals surface area contributed by atoms with Crippen molar-refractivity contribution in [3.05, 3.63) is 87.4 Å². The maximum Gasteiger partial charge on any atom is 0.335 e. The number of anilines is 1. The molecule has 1 heterocycles. The van der Waals surface area contributed by atoms with Gasteiger partial charge >= 0.3 is 6.03 Å². The fourth-order valence-electron chi connectivity index (χ4n) is 3.49. The minimum atomic E-state index is -0.835. The Balaban J connectivity index is 1.50. The van der Waals surface area contributed by atoms with Crippen LogP contribution in [0.3, 0.4) is 0 Å². The summed E-state index contributed by atoms with van der Waals surface area (Å²) in [4.78, 5) is 38.9. The van der Waals surface area contributed by atoms with E-state index in [1.807, 2.05) is 31.2 Å². The molecule has 1 aliphatic heterocycles. The summed E-state index contributed by atoms with van der Waals surface area (Å²) in [6.45, 7) is 2.81. The van der Waals surface area contributed by atoms with E-state index in [-0.39, 0.29) is 17.9 Å². The lowest BCUT2D eigenvalue weighted by molar-refractivity contribution is -0.122. The van der Waals surface area contributed by atoms with Gasteiger partial charge in [-0.25, -0.2) is 9.69 Å². The third-order valence-corrected chi connectivity index (χ3v) is 5.97. The molecule has 0 aliphatic carbocycles. The van der Waals surface area contributed by atoms with E-state index >= 15 is 0 Å². The zero-order valence-electron chi connectivity index (χ0n) is 19.7. The molecule has 1 aliphatic rings. The zero-order valence-corrected chi connectivity index (χ0v) is 22.0. The van der Waals surface area contributed by atoms with Gasteiger partial charge in [-0.05, 0) is 79.2 Å². The number of nitrogens with one attached hydrogen (secondary N) is 1. The average Bonchev–Trinajstić information content (AvgIpc) is 2.87. The maximum atomic E-state index is 13.1. The number of ether oxygens (including phenoxy) is 3. The van der Waals surface area contributed by atoms with E-state index in [1.165, 1.54) is 18.2 Å². The molecule has 10 heteroatoms. The minimum absolute atomic E-state index is 0.200. The predicted molar refractivity (Wildman–Crippen MR) is 143 cm³/mol. The van der Waals surface area contributed by atoms with Gasteiger partial charge in [0.1, 0.15) is 24.5 Å². The summed E-state index contributed by atoms with van der Waals surface area (Å²) >= 11 is 9.29. The Morgan fingerprint density at radius 2 is 1.59 bits per heavy atom. The first-order chi connectivity index (χ1) is 17.9. The number of urea groups is 1. The van der Waals surface area contributed by atoms with Gasteiger partial charge in [0.2, 0.25) is 0 Å². The summed E-state index contributed by atoms with van der Waals surface area (Å²) in [5.41, 5.74) is 0.605. The molecule has 1 fully saturated rings. The number of hydrogen-bond acceptors (Lipinski definition) is 6. The van der Waals surface area contributed by atoms with Gasteiger partial charge in [0.05, 0.1) is 12.3 Å². The molecule has 1 N–H and O–H groups in total. The van der Waals surface area contributed by atoms with Crippen molar-refractivity contribution >= 4 is 57.1 Å². The molecule has 0 saturated carbocycles. The van der Waals surface area contributed by atoms with Gasteiger partial charge in [-0.2, -0.15) is 0 Å². The first-order valence-electron chi connectivity index (χ1n) is 11.3. The third-order valence-electron chi connectivity index (χ3n) is 5.19. The van der Waals surface area contributed by atoms with E-state index in [0.717, 1.165) is 15.1 Å². The van der Waals surface area contributed by atoms with Crippen molar-refractivity contribution in [1.29, 1.82) is 0 Å². The van der Waals surface area contributed by atoms with Crippen molar-refractivity contribution in [2.24, 2.45) is 0 Å². The molecule has 3 aromatic rings. The molecule has 190 valence electrons. The molecule has 0 aromatic heterocycles. The number of nitrogens with zero attached hydrogens (tertiary/aromatic N) is 1. The molecule has 0 bridgehead atoms. The highest BCUT2D eigenvalue weighted by atomic mass is 79.9. The first-order valence-corrected chi connectivity index (χ1v) is 12.5. The molecule has 8 nitrogen and oxygen atoms in total. The van der Waals surface area contributed by atoms with Crippen molar-refractivity contribution in [1.82, 2.24) is 5.32 Å². The van der Waals surface area contributed by atoms with Gasteiger partial charge in [-0.15, -0.1) is 0 Å². The van der Waals surface area contributed by atoms with Crippen LogP contribution in [0.1, 0.15) is 12.5 Å². The van der Waals surface area contributed by atoms with E-state index in [2.05, 4.69) is 21.2 Å². The highest BCUT2D eigenvalue weighted by Crippen LogP contribution is 2.30. The summed E-state index contributed by atoms with van der Waals surface area (Å²) < 4.78 is 18.2. The zero-order chi connectivity index (χ0) is 26.4. The number of barbiturate groups is 1. The van der Waals surface area contributed by atoms with E-state index in [9.17, 15) is 14.4 Å². The van der Waals surface area contributed by atoms with Crippen LogP contribution in [0, 0.1) is 0 Å². The van der Waals surface area contributed by atoms with Crippen LogP contribution >= 0.6 is 27.5 Å². The fraction of sp³-hybridized carbons (Fsp3) is 0.148. The van der Waals surface area contributed by atoms with Crippen LogP contribution in [0.5, 0.6) is 17.2 Å². The van der Waals surface area contributed by atoms with Gasteiger partial charge in [0.15, 0.2) is 11.5 Å². The smallest absolute Gasteiger partial charge is 0.335 e. The minimum Gasteiger partial charge on any atom is -0.490 e. The van der Waals surface area contributed by atoms with Crippen molar-refractivity contribution < 1.29 is 28.6 Å². The van der Waals surface area contributed by atoms with Crippen LogP contribution in [0.15, 0.2) is 76.8 Å². The first kappa shape index (κ1) is 26.2. The molecule has 4 rings (SSSR count). The third kappa shape index (κ3) is 6.49. The molecular weight excluding hydrogens is 564 g/mol. The Bertz CT molecular complexity index is 1340. The Labute approximate surface area is 226 Å².